The Morgan fingerprint density at radius 3 is 2.72 bits per heavy atom. The number of benzene rings is 1. The molecule has 8 heteroatoms. The monoisotopic (exact) mass is 384 g/mol. The lowest BCUT2D eigenvalue weighted by atomic mass is 9.68. The molecule has 1 saturated carbocycles. The molecule has 2 saturated heterocycles. The standard InChI is InChI=1S/C17H18Cl2N2O4/c18-13-2-1-10(3-14(13)19)8-24-12-6-21(7-12)15(22)11-4-17(5-11)9-25-16(23)20-17/h1-3,11-12H,4-9H2,(H,20,23)/t11-,17-. The van der Waals surface area contributed by atoms with Crippen molar-refractivity contribution in [3.05, 3.63) is 33.8 Å². The highest BCUT2D eigenvalue weighted by Gasteiger charge is 2.54. The normalized spacial score (nSPS) is 28.3. The predicted molar refractivity (Wildman–Crippen MR) is 91.6 cm³/mol. The predicted octanol–water partition coefficient (Wildman–Crippen LogP) is 2.61. The molecule has 1 aromatic carbocycles. The first-order valence-electron chi connectivity index (χ1n) is 8.23. The van der Waals surface area contributed by atoms with Crippen molar-refractivity contribution in [3.63, 3.8) is 0 Å². The fourth-order valence-electron chi connectivity index (χ4n) is 3.60. The number of likely N-dealkylation sites (tertiary alicyclic amines) is 1. The molecule has 0 atom stereocenters. The maximum atomic E-state index is 12.4. The number of cyclic esters (lactones) is 1. The van der Waals surface area contributed by atoms with Gasteiger partial charge in [-0.15, -0.1) is 0 Å². The molecule has 4 rings (SSSR count). The average Bonchev–Trinajstić information content (AvgIpc) is 2.90. The molecule has 2 heterocycles. The van der Waals surface area contributed by atoms with Crippen LogP contribution in [0.4, 0.5) is 4.79 Å². The minimum Gasteiger partial charge on any atom is -0.447 e. The van der Waals surface area contributed by atoms with E-state index in [1.807, 2.05) is 11.0 Å². The van der Waals surface area contributed by atoms with Crippen molar-refractivity contribution in [2.45, 2.75) is 31.1 Å². The summed E-state index contributed by atoms with van der Waals surface area (Å²) >= 11 is 11.9. The summed E-state index contributed by atoms with van der Waals surface area (Å²) in [5.74, 6) is 0.110. The van der Waals surface area contributed by atoms with E-state index < -0.39 is 0 Å². The van der Waals surface area contributed by atoms with Crippen molar-refractivity contribution in [2.24, 2.45) is 5.92 Å². The van der Waals surface area contributed by atoms with E-state index in [9.17, 15) is 9.59 Å². The number of ether oxygens (including phenoxy) is 2. The van der Waals surface area contributed by atoms with Gasteiger partial charge in [-0.1, -0.05) is 29.3 Å². The molecule has 1 aromatic rings. The maximum Gasteiger partial charge on any atom is 0.407 e. The summed E-state index contributed by atoms with van der Waals surface area (Å²) in [5, 5.41) is 3.84. The van der Waals surface area contributed by atoms with Gasteiger partial charge in [0.25, 0.3) is 0 Å². The summed E-state index contributed by atoms with van der Waals surface area (Å²) < 4.78 is 10.7. The number of nitrogens with one attached hydrogen (secondary N) is 1. The Bertz CT molecular complexity index is 715. The summed E-state index contributed by atoms with van der Waals surface area (Å²) in [6.45, 7) is 2.02. The lowest BCUT2D eigenvalue weighted by Crippen LogP contribution is -2.62. The van der Waals surface area contributed by atoms with Crippen molar-refractivity contribution in [1.82, 2.24) is 10.2 Å². The third-order valence-electron chi connectivity index (χ3n) is 5.10. The van der Waals surface area contributed by atoms with Gasteiger partial charge in [-0.3, -0.25) is 4.79 Å². The molecular formula is C17H18Cl2N2O4. The number of hydrogen-bond acceptors (Lipinski definition) is 4. The fourth-order valence-corrected chi connectivity index (χ4v) is 3.92. The van der Waals surface area contributed by atoms with Crippen molar-refractivity contribution >= 4 is 35.2 Å². The van der Waals surface area contributed by atoms with Crippen molar-refractivity contribution in [3.8, 4) is 0 Å². The van der Waals surface area contributed by atoms with Crippen LogP contribution in [-0.4, -0.2) is 48.2 Å². The molecule has 2 amide bonds. The molecule has 3 fully saturated rings. The van der Waals surface area contributed by atoms with E-state index in [0.717, 1.165) is 5.56 Å². The second kappa shape index (κ2) is 6.34. The summed E-state index contributed by atoms with van der Waals surface area (Å²) in [7, 11) is 0. The van der Waals surface area contributed by atoms with Crippen LogP contribution in [0.5, 0.6) is 0 Å². The molecule has 6 nitrogen and oxygen atoms in total. The van der Waals surface area contributed by atoms with Gasteiger partial charge in [0.05, 0.1) is 28.3 Å². The Balaban J connectivity index is 1.20. The Labute approximate surface area is 155 Å². The van der Waals surface area contributed by atoms with Gasteiger partial charge < -0.3 is 19.7 Å². The second-order valence-electron chi connectivity index (χ2n) is 7.01. The van der Waals surface area contributed by atoms with Crippen LogP contribution in [0.2, 0.25) is 10.0 Å². The van der Waals surface area contributed by atoms with Gasteiger partial charge in [0.15, 0.2) is 0 Å². The highest BCUT2D eigenvalue weighted by atomic mass is 35.5. The van der Waals surface area contributed by atoms with Gasteiger partial charge in [-0.05, 0) is 30.5 Å². The number of nitrogens with zero attached hydrogens (tertiary/aromatic N) is 1. The third kappa shape index (κ3) is 3.30. The van der Waals surface area contributed by atoms with Crippen LogP contribution >= 0.6 is 23.2 Å². The summed E-state index contributed by atoms with van der Waals surface area (Å²) in [6.07, 6.45) is 0.971. The van der Waals surface area contributed by atoms with Gasteiger partial charge >= 0.3 is 6.09 Å². The highest BCUT2D eigenvalue weighted by molar-refractivity contribution is 6.42. The van der Waals surface area contributed by atoms with Gasteiger partial charge in [0.2, 0.25) is 5.91 Å². The van der Waals surface area contributed by atoms with Crippen LogP contribution in [0.1, 0.15) is 18.4 Å². The zero-order valence-corrected chi connectivity index (χ0v) is 15.0. The van der Waals surface area contributed by atoms with Crippen LogP contribution in [0.25, 0.3) is 0 Å². The molecule has 3 aliphatic rings. The molecule has 2 aliphatic heterocycles. The van der Waals surface area contributed by atoms with Crippen molar-refractivity contribution < 1.29 is 19.1 Å². The summed E-state index contributed by atoms with van der Waals surface area (Å²) in [6, 6.07) is 5.41. The SMILES string of the molecule is O=C1N[C@]2(CO1)C[C@@H](C(=O)N1CC(OCc3ccc(Cl)c(Cl)c3)C1)C2. The third-order valence-corrected chi connectivity index (χ3v) is 5.84. The van der Waals surface area contributed by atoms with Crippen LogP contribution in [0.3, 0.4) is 0 Å². The Kier molecular flexibility index (Phi) is 4.30. The lowest BCUT2D eigenvalue weighted by Gasteiger charge is -2.47. The largest absolute Gasteiger partial charge is 0.447 e. The smallest absolute Gasteiger partial charge is 0.407 e. The van der Waals surface area contributed by atoms with Crippen molar-refractivity contribution in [2.75, 3.05) is 19.7 Å². The first kappa shape index (κ1) is 16.9. The minimum absolute atomic E-state index is 0.0296. The first-order valence-corrected chi connectivity index (χ1v) is 8.99. The van der Waals surface area contributed by atoms with Gasteiger partial charge in [0.1, 0.15) is 6.61 Å². The Morgan fingerprint density at radius 1 is 1.32 bits per heavy atom. The number of amides is 2. The quantitative estimate of drug-likeness (QED) is 0.865. The molecule has 25 heavy (non-hydrogen) atoms. The van der Waals surface area contributed by atoms with E-state index in [1.165, 1.54) is 0 Å². The topological polar surface area (TPSA) is 67.9 Å². The molecule has 0 unspecified atom stereocenters. The molecule has 134 valence electrons. The zero-order chi connectivity index (χ0) is 17.6. The van der Waals surface area contributed by atoms with Crippen LogP contribution in [-0.2, 0) is 20.9 Å². The van der Waals surface area contributed by atoms with E-state index in [4.69, 9.17) is 32.7 Å². The molecule has 1 aliphatic carbocycles. The number of carbonyl (C=O) groups excluding carboxylic acids is 2. The van der Waals surface area contributed by atoms with E-state index in [1.54, 1.807) is 12.1 Å². The Hall–Kier alpha value is -1.50. The van der Waals surface area contributed by atoms with E-state index in [2.05, 4.69) is 5.32 Å². The van der Waals surface area contributed by atoms with Gasteiger partial charge in [-0.2, -0.15) is 0 Å². The van der Waals surface area contributed by atoms with E-state index in [-0.39, 0.29) is 29.6 Å². The molecule has 0 radical (unpaired) electrons. The number of hydrogen-bond donors (Lipinski definition) is 1. The molecular weight excluding hydrogens is 367 g/mol. The zero-order valence-electron chi connectivity index (χ0n) is 13.5. The highest BCUT2D eigenvalue weighted by Crippen LogP contribution is 2.42. The van der Waals surface area contributed by atoms with E-state index >= 15 is 0 Å². The summed E-state index contributed by atoms with van der Waals surface area (Å²) in [5.41, 5.74) is 0.642. The number of halogens is 2. The Morgan fingerprint density at radius 2 is 2.08 bits per heavy atom. The first-order chi connectivity index (χ1) is 11.9. The molecule has 0 bridgehead atoms. The number of rotatable bonds is 4. The molecule has 1 spiro atoms. The fraction of sp³-hybridized carbons (Fsp3) is 0.529. The maximum absolute atomic E-state index is 12.4. The molecule has 0 aromatic heterocycles. The van der Waals surface area contributed by atoms with Crippen LogP contribution in [0, 0.1) is 5.92 Å². The molecule has 1 N–H and O–H groups in total. The summed E-state index contributed by atoms with van der Waals surface area (Å²) in [4.78, 5) is 25.4. The lowest BCUT2D eigenvalue weighted by molar-refractivity contribution is -0.155. The number of carbonyl (C=O) groups is 2. The van der Waals surface area contributed by atoms with Gasteiger partial charge in [0, 0.05) is 19.0 Å². The van der Waals surface area contributed by atoms with E-state index in [0.29, 0.717) is 49.2 Å². The second-order valence-corrected chi connectivity index (χ2v) is 7.83. The number of alkyl carbamates (subject to hydrolysis) is 1. The van der Waals surface area contributed by atoms with Crippen molar-refractivity contribution in [1.29, 1.82) is 0 Å². The van der Waals surface area contributed by atoms with Crippen LogP contribution < -0.4 is 5.32 Å². The average molecular weight is 385 g/mol. The van der Waals surface area contributed by atoms with Gasteiger partial charge in [-0.25, -0.2) is 4.79 Å². The minimum atomic E-state index is -0.384. The van der Waals surface area contributed by atoms with Crippen LogP contribution in [0.15, 0.2) is 18.2 Å².